The molecule has 1 heterocycles. The first kappa shape index (κ1) is 18.1. The summed E-state index contributed by atoms with van der Waals surface area (Å²) >= 11 is -0.750. The fourth-order valence-corrected chi connectivity index (χ4v) is 3.21. The fraction of sp³-hybridized carbons (Fsp3) is 0.647. The van der Waals surface area contributed by atoms with Gasteiger partial charge in [-0.05, 0) is 38.2 Å². The molecule has 4 heteroatoms. The van der Waals surface area contributed by atoms with Crippen LogP contribution in [0, 0.1) is 18.8 Å². The van der Waals surface area contributed by atoms with Crippen molar-refractivity contribution in [1.82, 2.24) is 4.90 Å². The second-order valence-corrected chi connectivity index (χ2v) is 6.68. The lowest BCUT2D eigenvalue weighted by Gasteiger charge is -2.22. The van der Waals surface area contributed by atoms with Crippen LogP contribution < -0.4 is 0 Å². The zero-order chi connectivity index (χ0) is 16.0. The summed E-state index contributed by atoms with van der Waals surface area (Å²) < 4.78 is 16.6. The number of hydrogen-bond acceptors (Lipinski definition) is 3. The summed E-state index contributed by atoms with van der Waals surface area (Å²) in [5.41, 5.74) is 2.93. The lowest BCUT2D eigenvalue weighted by atomic mass is 9.81. The third-order valence-corrected chi connectivity index (χ3v) is 4.45. The van der Waals surface area contributed by atoms with E-state index in [4.69, 9.17) is 8.42 Å². The Morgan fingerprint density at radius 3 is 2.24 bits per heavy atom. The molecule has 0 amide bonds. The van der Waals surface area contributed by atoms with E-state index in [1.807, 2.05) is 0 Å². The number of rotatable bonds is 3. The van der Waals surface area contributed by atoms with Crippen LogP contribution in [0.4, 0.5) is 0 Å². The van der Waals surface area contributed by atoms with Crippen molar-refractivity contribution in [1.29, 1.82) is 0 Å². The molecule has 0 bridgehead atoms. The minimum absolute atomic E-state index is 0.668. The molecular weight excluding hydrogens is 282 g/mol. The maximum absolute atomic E-state index is 8.29. The first-order valence-electron chi connectivity index (χ1n) is 7.63. The van der Waals surface area contributed by atoms with E-state index in [-0.39, 0.29) is 0 Å². The Balaban J connectivity index is 0.000000677. The largest absolute Gasteiger partial charge is 0.335 e. The highest BCUT2D eigenvalue weighted by Gasteiger charge is 2.36. The smallest absolute Gasteiger partial charge is 0.300 e. The van der Waals surface area contributed by atoms with Crippen LogP contribution in [0.5, 0.6) is 0 Å². The SMILES string of the molecule is Cc1cccc(C2CN(C(C)C)CC2C(C)C)c1.O=S=O. The molecular formula is C17H27NO2S. The Morgan fingerprint density at radius 2 is 1.76 bits per heavy atom. The van der Waals surface area contributed by atoms with Crippen LogP contribution in [-0.2, 0) is 11.6 Å². The Hall–Kier alpha value is -1.00. The predicted molar refractivity (Wildman–Crippen MR) is 87.9 cm³/mol. The maximum atomic E-state index is 8.29. The fourth-order valence-electron chi connectivity index (χ4n) is 3.21. The van der Waals surface area contributed by atoms with Crippen molar-refractivity contribution in [3.8, 4) is 0 Å². The number of aryl methyl sites for hydroxylation is 1. The van der Waals surface area contributed by atoms with Gasteiger partial charge in [0.15, 0.2) is 0 Å². The van der Waals surface area contributed by atoms with Crippen LogP contribution in [0.2, 0.25) is 0 Å². The average molecular weight is 309 g/mol. The van der Waals surface area contributed by atoms with Crippen molar-refractivity contribution in [3.63, 3.8) is 0 Å². The molecule has 1 fully saturated rings. The second kappa shape index (κ2) is 8.44. The number of hydrogen-bond donors (Lipinski definition) is 0. The van der Waals surface area contributed by atoms with E-state index in [1.165, 1.54) is 24.2 Å². The molecule has 0 aromatic heterocycles. The summed E-state index contributed by atoms with van der Waals surface area (Å²) in [5.74, 6) is 2.28. The number of nitrogens with zero attached hydrogens (tertiary/aromatic N) is 1. The molecule has 1 aliphatic heterocycles. The number of benzene rings is 1. The normalized spacial score (nSPS) is 22.2. The third-order valence-electron chi connectivity index (χ3n) is 4.45. The van der Waals surface area contributed by atoms with E-state index in [0.717, 1.165) is 11.8 Å². The van der Waals surface area contributed by atoms with E-state index in [0.29, 0.717) is 12.0 Å². The van der Waals surface area contributed by atoms with Gasteiger partial charge >= 0.3 is 11.6 Å². The molecule has 0 saturated carbocycles. The van der Waals surface area contributed by atoms with Gasteiger partial charge in [0.2, 0.25) is 0 Å². The van der Waals surface area contributed by atoms with Crippen molar-refractivity contribution in [3.05, 3.63) is 35.4 Å². The van der Waals surface area contributed by atoms with Gasteiger partial charge in [-0.3, -0.25) is 0 Å². The highest BCUT2D eigenvalue weighted by molar-refractivity contribution is 7.51. The molecule has 0 radical (unpaired) electrons. The minimum Gasteiger partial charge on any atom is -0.300 e. The Labute approximate surface area is 132 Å². The molecule has 2 atom stereocenters. The van der Waals surface area contributed by atoms with Crippen LogP contribution in [0.3, 0.4) is 0 Å². The van der Waals surface area contributed by atoms with Crippen molar-refractivity contribution < 1.29 is 8.42 Å². The Kier molecular flexibility index (Phi) is 7.26. The van der Waals surface area contributed by atoms with Gasteiger partial charge in [-0.1, -0.05) is 43.7 Å². The van der Waals surface area contributed by atoms with Gasteiger partial charge in [-0.25, -0.2) is 0 Å². The summed E-state index contributed by atoms with van der Waals surface area (Å²) in [6.07, 6.45) is 0. The van der Waals surface area contributed by atoms with Gasteiger partial charge in [0.1, 0.15) is 0 Å². The maximum Gasteiger partial charge on any atom is 0.335 e. The Bertz CT molecular complexity index is 481. The van der Waals surface area contributed by atoms with Crippen LogP contribution in [-0.4, -0.2) is 32.4 Å². The second-order valence-electron chi connectivity index (χ2n) is 6.54. The lowest BCUT2D eigenvalue weighted by Crippen LogP contribution is -2.28. The van der Waals surface area contributed by atoms with E-state index >= 15 is 0 Å². The summed E-state index contributed by atoms with van der Waals surface area (Å²) in [7, 11) is 0. The van der Waals surface area contributed by atoms with E-state index in [9.17, 15) is 0 Å². The van der Waals surface area contributed by atoms with Crippen LogP contribution in [0.15, 0.2) is 24.3 Å². The number of likely N-dealkylation sites (tertiary alicyclic amines) is 1. The molecule has 0 aliphatic carbocycles. The molecule has 118 valence electrons. The molecule has 1 aromatic rings. The van der Waals surface area contributed by atoms with Gasteiger partial charge in [0, 0.05) is 25.0 Å². The zero-order valence-corrected chi connectivity index (χ0v) is 14.5. The highest BCUT2D eigenvalue weighted by atomic mass is 32.1. The monoisotopic (exact) mass is 309 g/mol. The summed E-state index contributed by atoms with van der Waals surface area (Å²) in [6.45, 7) is 14.1. The van der Waals surface area contributed by atoms with Crippen LogP contribution >= 0.6 is 0 Å². The van der Waals surface area contributed by atoms with E-state index in [2.05, 4.69) is 63.8 Å². The van der Waals surface area contributed by atoms with Crippen LogP contribution in [0.25, 0.3) is 0 Å². The van der Waals surface area contributed by atoms with Gasteiger partial charge in [0.05, 0.1) is 0 Å². The molecule has 21 heavy (non-hydrogen) atoms. The predicted octanol–water partition coefficient (Wildman–Crippen LogP) is 3.40. The summed E-state index contributed by atoms with van der Waals surface area (Å²) in [5, 5.41) is 0. The summed E-state index contributed by atoms with van der Waals surface area (Å²) in [6, 6.07) is 9.77. The Morgan fingerprint density at radius 1 is 1.14 bits per heavy atom. The quantitative estimate of drug-likeness (QED) is 0.858. The van der Waals surface area contributed by atoms with Gasteiger partial charge in [0.25, 0.3) is 0 Å². The van der Waals surface area contributed by atoms with Crippen molar-refractivity contribution in [2.45, 2.75) is 46.6 Å². The molecule has 1 aliphatic rings. The molecule has 3 nitrogen and oxygen atoms in total. The first-order chi connectivity index (χ1) is 9.90. The highest BCUT2D eigenvalue weighted by Crippen LogP contribution is 2.38. The standard InChI is InChI=1S/C17H27N.O2S/c1-12(2)16-10-18(13(3)4)11-17(16)15-8-6-7-14(5)9-15;1-3-2/h6-9,12-13,16-17H,10-11H2,1-5H3;. The van der Waals surface area contributed by atoms with Crippen molar-refractivity contribution in [2.75, 3.05) is 13.1 Å². The first-order valence-corrected chi connectivity index (χ1v) is 8.29. The van der Waals surface area contributed by atoms with Gasteiger partial charge in [-0.2, -0.15) is 8.42 Å². The molecule has 2 rings (SSSR count). The lowest BCUT2D eigenvalue weighted by molar-refractivity contribution is 0.253. The van der Waals surface area contributed by atoms with Gasteiger partial charge < -0.3 is 4.90 Å². The zero-order valence-electron chi connectivity index (χ0n) is 13.7. The molecule has 1 aromatic carbocycles. The van der Waals surface area contributed by atoms with Crippen molar-refractivity contribution >= 4 is 11.6 Å². The van der Waals surface area contributed by atoms with E-state index in [1.54, 1.807) is 0 Å². The van der Waals surface area contributed by atoms with E-state index < -0.39 is 11.6 Å². The summed E-state index contributed by atoms with van der Waals surface area (Å²) in [4.78, 5) is 2.64. The van der Waals surface area contributed by atoms with Crippen molar-refractivity contribution in [2.24, 2.45) is 11.8 Å². The third kappa shape index (κ3) is 5.04. The molecule has 0 N–H and O–H groups in total. The minimum atomic E-state index is -0.750. The van der Waals surface area contributed by atoms with Gasteiger partial charge in [-0.15, -0.1) is 0 Å². The molecule has 2 unspecified atom stereocenters. The topological polar surface area (TPSA) is 37.4 Å². The van der Waals surface area contributed by atoms with Crippen LogP contribution in [0.1, 0.15) is 44.7 Å². The average Bonchev–Trinajstić information content (AvgIpc) is 2.85. The molecule has 1 saturated heterocycles. The molecule has 0 spiro atoms.